The van der Waals surface area contributed by atoms with Gasteiger partial charge in [0.25, 0.3) is 5.69 Å². The Kier molecular flexibility index (Phi) is 7.89. The maximum absolute atomic E-state index is 10.8. The Labute approximate surface area is 125 Å². The number of benzene rings is 1. The highest BCUT2D eigenvalue weighted by molar-refractivity contribution is 5.35. The van der Waals surface area contributed by atoms with Gasteiger partial charge in [0.2, 0.25) is 0 Å². The largest absolute Gasteiger partial charge is 0.391 e. The highest BCUT2D eigenvalue weighted by atomic mass is 16.6. The quantitative estimate of drug-likeness (QED) is 0.511. The summed E-state index contributed by atoms with van der Waals surface area (Å²) in [6.45, 7) is 3.03. The topological polar surface area (TPSA) is 84.6 Å². The standard InChI is InChI=1S/C15H24N2O4/c1-3-5-15(16-9-8-14(18)11-21-2)12-6-4-7-13(10-12)17(19)20/h4,6-7,10,14-16,18H,3,5,8-9,11H2,1-2H3. The molecule has 0 aliphatic carbocycles. The summed E-state index contributed by atoms with van der Waals surface area (Å²) in [5, 5.41) is 23.8. The Morgan fingerprint density at radius 2 is 2.19 bits per heavy atom. The molecule has 0 aromatic heterocycles. The molecule has 1 rings (SSSR count). The molecule has 0 aliphatic heterocycles. The third-order valence-electron chi connectivity index (χ3n) is 3.29. The average molecular weight is 296 g/mol. The number of nitro groups is 1. The minimum Gasteiger partial charge on any atom is -0.391 e. The zero-order valence-electron chi connectivity index (χ0n) is 12.6. The molecule has 21 heavy (non-hydrogen) atoms. The van der Waals surface area contributed by atoms with E-state index in [2.05, 4.69) is 12.2 Å². The minimum atomic E-state index is -0.491. The molecule has 1 aromatic rings. The third kappa shape index (κ3) is 6.20. The molecule has 6 nitrogen and oxygen atoms in total. The summed E-state index contributed by atoms with van der Waals surface area (Å²) < 4.78 is 4.88. The highest BCUT2D eigenvalue weighted by Crippen LogP contribution is 2.22. The van der Waals surface area contributed by atoms with Gasteiger partial charge < -0.3 is 15.2 Å². The second-order valence-corrected chi connectivity index (χ2v) is 5.05. The fourth-order valence-corrected chi connectivity index (χ4v) is 2.23. The fourth-order valence-electron chi connectivity index (χ4n) is 2.23. The van der Waals surface area contributed by atoms with Crippen LogP contribution in [0.4, 0.5) is 5.69 Å². The summed E-state index contributed by atoms with van der Waals surface area (Å²) in [6.07, 6.45) is 1.96. The Morgan fingerprint density at radius 3 is 2.81 bits per heavy atom. The van der Waals surface area contributed by atoms with Gasteiger partial charge in [0.15, 0.2) is 0 Å². The maximum Gasteiger partial charge on any atom is 0.269 e. The van der Waals surface area contributed by atoms with E-state index in [1.54, 1.807) is 19.2 Å². The van der Waals surface area contributed by atoms with Gasteiger partial charge >= 0.3 is 0 Å². The number of aliphatic hydroxyl groups excluding tert-OH is 1. The normalized spacial score (nSPS) is 13.9. The fraction of sp³-hybridized carbons (Fsp3) is 0.600. The Morgan fingerprint density at radius 1 is 1.43 bits per heavy atom. The van der Waals surface area contributed by atoms with Gasteiger partial charge in [0, 0.05) is 25.3 Å². The molecule has 2 atom stereocenters. The first-order valence-electron chi connectivity index (χ1n) is 7.23. The number of aliphatic hydroxyl groups is 1. The van der Waals surface area contributed by atoms with E-state index >= 15 is 0 Å². The first kappa shape index (κ1) is 17.6. The Bertz CT molecular complexity index is 439. The highest BCUT2D eigenvalue weighted by Gasteiger charge is 2.14. The number of nitrogens with zero attached hydrogens (tertiary/aromatic N) is 1. The van der Waals surface area contributed by atoms with E-state index in [1.165, 1.54) is 6.07 Å². The zero-order valence-corrected chi connectivity index (χ0v) is 12.6. The molecule has 0 saturated heterocycles. The summed E-state index contributed by atoms with van der Waals surface area (Å²) >= 11 is 0. The van der Waals surface area contributed by atoms with Gasteiger partial charge in [-0.3, -0.25) is 10.1 Å². The monoisotopic (exact) mass is 296 g/mol. The predicted octanol–water partition coefficient (Wildman–Crippen LogP) is 2.42. The van der Waals surface area contributed by atoms with E-state index in [0.717, 1.165) is 18.4 Å². The number of hydrogen-bond donors (Lipinski definition) is 2. The van der Waals surface area contributed by atoms with Gasteiger partial charge in [-0.1, -0.05) is 25.5 Å². The number of nitrogens with one attached hydrogen (secondary N) is 1. The van der Waals surface area contributed by atoms with Crippen LogP contribution in [-0.4, -0.2) is 36.4 Å². The smallest absolute Gasteiger partial charge is 0.269 e. The molecule has 6 heteroatoms. The van der Waals surface area contributed by atoms with Crippen molar-refractivity contribution < 1.29 is 14.8 Å². The lowest BCUT2D eigenvalue weighted by Gasteiger charge is -2.19. The molecule has 2 N–H and O–H groups in total. The second kappa shape index (κ2) is 9.44. The van der Waals surface area contributed by atoms with Crippen molar-refractivity contribution in [2.75, 3.05) is 20.3 Å². The van der Waals surface area contributed by atoms with Gasteiger partial charge in [0.1, 0.15) is 0 Å². The minimum absolute atomic E-state index is 0.0599. The van der Waals surface area contributed by atoms with Crippen molar-refractivity contribution in [3.05, 3.63) is 39.9 Å². The molecule has 2 unspecified atom stereocenters. The number of rotatable bonds is 10. The van der Waals surface area contributed by atoms with Crippen LogP contribution in [0.5, 0.6) is 0 Å². The number of hydrogen-bond acceptors (Lipinski definition) is 5. The Hall–Kier alpha value is -1.50. The van der Waals surface area contributed by atoms with E-state index in [9.17, 15) is 15.2 Å². The van der Waals surface area contributed by atoms with Gasteiger partial charge in [-0.25, -0.2) is 0 Å². The molecule has 0 amide bonds. The summed E-state index contributed by atoms with van der Waals surface area (Å²) in [5.74, 6) is 0. The first-order valence-corrected chi connectivity index (χ1v) is 7.23. The number of methoxy groups -OCH3 is 1. The first-order chi connectivity index (χ1) is 10.1. The zero-order chi connectivity index (χ0) is 15.7. The van der Waals surface area contributed by atoms with Crippen molar-refractivity contribution in [1.29, 1.82) is 0 Å². The molecular formula is C15H24N2O4. The molecule has 0 fully saturated rings. The second-order valence-electron chi connectivity index (χ2n) is 5.05. The van der Waals surface area contributed by atoms with E-state index < -0.39 is 6.10 Å². The summed E-state index contributed by atoms with van der Waals surface area (Å²) in [4.78, 5) is 10.5. The molecule has 0 bridgehead atoms. The van der Waals surface area contributed by atoms with Gasteiger partial charge in [-0.2, -0.15) is 0 Å². The molecular weight excluding hydrogens is 272 g/mol. The number of nitro benzene ring substituents is 1. The van der Waals surface area contributed by atoms with E-state index in [-0.39, 0.29) is 16.7 Å². The molecule has 0 saturated carbocycles. The lowest BCUT2D eigenvalue weighted by Crippen LogP contribution is -2.27. The molecule has 0 radical (unpaired) electrons. The van der Waals surface area contributed by atoms with Crippen molar-refractivity contribution >= 4 is 5.69 Å². The van der Waals surface area contributed by atoms with E-state index in [4.69, 9.17) is 4.74 Å². The van der Waals surface area contributed by atoms with Gasteiger partial charge in [-0.15, -0.1) is 0 Å². The van der Waals surface area contributed by atoms with Crippen LogP contribution in [0, 0.1) is 10.1 Å². The van der Waals surface area contributed by atoms with E-state index in [1.807, 2.05) is 6.07 Å². The third-order valence-corrected chi connectivity index (χ3v) is 3.29. The SMILES string of the molecule is CCCC(NCCC(O)COC)c1cccc([N+](=O)[O-])c1. The van der Waals surface area contributed by atoms with Crippen LogP contribution in [0.25, 0.3) is 0 Å². The summed E-state index contributed by atoms with van der Waals surface area (Å²) in [6, 6.07) is 6.77. The van der Waals surface area contributed by atoms with Crippen LogP contribution in [0.2, 0.25) is 0 Å². The molecule has 0 spiro atoms. The average Bonchev–Trinajstić information content (AvgIpc) is 2.47. The van der Waals surface area contributed by atoms with Crippen LogP contribution in [0.15, 0.2) is 24.3 Å². The van der Waals surface area contributed by atoms with Crippen molar-refractivity contribution in [3.63, 3.8) is 0 Å². The van der Waals surface area contributed by atoms with Crippen molar-refractivity contribution in [3.8, 4) is 0 Å². The van der Waals surface area contributed by atoms with Crippen LogP contribution in [0.1, 0.15) is 37.8 Å². The number of ether oxygens (including phenoxy) is 1. The van der Waals surface area contributed by atoms with Crippen LogP contribution < -0.4 is 5.32 Å². The summed E-state index contributed by atoms with van der Waals surface area (Å²) in [7, 11) is 1.56. The predicted molar refractivity (Wildman–Crippen MR) is 81.2 cm³/mol. The van der Waals surface area contributed by atoms with E-state index in [0.29, 0.717) is 19.6 Å². The molecule has 1 aromatic carbocycles. The summed E-state index contributed by atoms with van der Waals surface area (Å²) in [5.41, 5.74) is 1.02. The van der Waals surface area contributed by atoms with Crippen LogP contribution in [0.3, 0.4) is 0 Å². The van der Waals surface area contributed by atoms with Crippen LogP contribution in [-0.2, 0) is 4.74 Å². The molecule has 0 heterocycles. The van der Waals surface area contributed by atoms with Crippen molar-refractivity contribution in [1.82, 2.24) is 5.32 Å². The lowest BCUT2D eigenvalue weighted by atomic mass is 10.0. The van der Waals surface area contributed by atoms with Gasteiger partial charge in [-0.05, 0) is 24.9 Å². The van der Waals surface area contributed by atoms with Crippen LogP contribution >= 0.6 is 0 Å². The lowest BCUT2D eigenvalue weighted by molar-refractivity contribution is -0.384. The van der Waals surface area contributed by atoms with Gasteiger partial charge in [0.05, 0.1) is 17.6 Å². The maximum atomic E-state index is 10.8. The van der Waals surface area contributed by atoms with Crippen molar-refractivity contribution in [2.45, 2.75) is 38.3 Å². The Balaban J connectivity index is 2.64. The van der Waals surface area contributed by atoms with Crippen molar-refractivity contribution in [2.24, 2.45) is 0 Å². The number of non-ortho nitro benzene ring substituents is 1. The molecule has 118 valence electrons. The molecule has 0 aliphatic rings.